The van der Waals surface area contributed by atoms with E-state index in [1.807, 2.05) is 30.3 Å². The fourth-order valence-electron chi connectivity index (χ4n) is 3.17. The standard InChI is InChI=1S/C20H18Cl2N4O2/c21-16-6-5-14(26-8-2-7-23-26)13-15(16)20(27)24-18-4-1-3-17(22)19(18)25-9-11-28-12-10-25/h1-8,13H,9-12H2,(H,24,27). The van der Waals surface area contributed by atoms with E-state index in [4.69, 9.17) is 27.9 Å². The van der Waals surface area contributed by atoms with Gasteiger partial charge in [0.25, 0.3) is 5.91 Å². The number of aromatic nitrogens is 2. The number of amides is 1. The molecule has 0 radical (unpaired) electrons. The van der Waals surface area contributed by atoms with Gasteiger partial charge in [0.15, 0.2) is 0 Å². The van der Waals surface area contributed by atoms with Crippen molar-refractivity contribution in [3.05, 3.63) is 70.5 Å². The average Bonchev–Trinajstić information content (AvgIpc) is 3.24. The SMILES string of the molecule is O=C(Nc1cccc(Cl)c1N1CCOCC1)c1cc(-n2cccn2)ccc1Cl. The van der Waals surface area contributed by atoms with Crippen molar-refractivity contribution in [1.29, 1.82) is 0 Å². The predicted octanol–water partition coefficient (Wildman–Crippen LogP) is 4.27. The molecule has 0 atom stereocenters. The van der Waals surface area contributed by atoms with Gasteiger partial charge in [-0.1, -0.05) is 29.3 Å². The first kappa shape index (κ1) is 18.8. The van der Waals surface area contributed by atoms with Crippen LogP contribution < -0.4 is 10.2 Å². The van der Waals surface area contributed by atoms with Crippen LogP contribution in [0.15, 0.2) is 54.9 Å². The minimum atomic E-state index is -0.309. The van der Waals surface area contributed by atoms with Crippen LogP contribution in [0.2, 0.25) is 10.0 Å². The summed E-state index contributed by atoms with van der Waals surface area (Å²) in [5.41, 5.74) is 2.54. The molecular formula is C20H18Cl2N4O2. The molecule has 0 spiro atoms. The lowest BCUT2D eigenvalue weighted by atomic mass is 10.1. The molecular weight excluding hydrogens is 399 g/mol. The fourth-order valence-corrected chi connectivity index (χ4v) is 3.66. The van der Waals surface area contributed by atoms with Crippen LogP contribution in [0.4, 0.5) is 11.4 Å². The molecule has 1 aliphatic rings. The summed E-state index contributed by atoms with van der Waals surface area (Å²) >= 11 is 12.7. The average molecular weight is 417 g/mol. The Morgan fingerprint density at radius 3 is 2.64 bits per heavy atom. The highest BCUT2D eigenvalue weighted by Crippen LogP contribution is 2.35. The number of carbonyl (C=O) groups excluding carboxylic acids is 1. The van der Waals surface area contributed by atoms with E-state index in [9.17, 15) is 4.79 Å². The van der Waals surface area contributed by atoms with E-state index < -0.39 is 0 Å². The van der Waals surface area contributed by atoms with Crippen molar-refractivity contribution >= 4 is 40.5 Å². The van der Waals surface area contributed by atoms with Crippen LogP contribution in [-0.2, 0) is 4.74 Å². The Labute approximate surface area is 172 Å². The minimum Gasteiger partial charge on any atom is -0.378 e. The van der Waals surface area contributed by atoms with Gasteiger partial charge < -0.3 is 15.0 Å². The zero-order valence-electron chi connectivity index (χ0n) is 14.9. The van der Waals surface area contributed by atoms with Gasteiger partial charge >= 0.3 is 0 Å². The second-order valence-electron chi connectivity index (χ2n) is 6.30. The van der Waals surface area contributed by atoms with Crippen molar-refractivity contribution < 1.29 is 9.53 Å². The van der Waals surface area contributed by atoms with E-state index in [0.717, 1.165) is 11.4 Å². The van der Waals surface area contributed by atoms with E-state index >= 15 is 0 Å². The normalized spacial score (nSPS) is 14.1. The van der Waals surface area contributed by atoms with E-state index in [0.29, 0.717) is 47.6 Å². The summed E-state index contributed by atoms with van der Waals surface area (Å²) in [4.78, 5) is 15.1. The predicted molar refractivity (Wildman–Crippen MR) is 111 cm³/mol. The van der Waals surface area contributed by atoms with Crippen molar-refractivity contribution in [2.45, 2.75) is 0 Å². The number of halogens is 2. The van der Waals surface area contributed by atoms with Crippen LogP contribution in [-0.4, -0.2) is 42.0 Å². The van der Waals surface area contributed by atoms with E-state index in [1.165, 1.54) is 0 Å². The molecule has 1 fully saturated rings. The van der Waals surface area contributed by atoms with Crippen molar-refractivity contribution in [3.8, 4) is 5.69 Å². The number of anilines is 2. The largest absolute Gasteiger partial charge is 0.378 e. The molecule has 144 valence electrons. The first-order valence-electron chi connectivity index (χ1n) is 8.85. The third kappa shape index (κ3) is 3.85. The number of hydrogen-bond donors (Lipinski definition) is 1. The van der Waals surface area contributed by atoms with E-state index in [1.54, 1.807) is 29.2 Å². The maximum atomic E-state index is 13.0. The summed E-state index contributed by atoms with van der Waals surface area (Å²) in [5, 5.41) is 8.10. The number of hydrogen-bond acceptors (Lipinski definition) is 4. The Balaban J connectivity index is 1.64. The number of ether oxygens (including phenoxy) is 1. The monoisotopic (exact) mass is 416 g/mol. The Morgan fingerprint density at radius 1 is 1.07 bits per heavy atom. The van der Waals surface area contributed by atoms with Crippen molar-refractivity contribution in [1.82, 2.24) is 9.78 Å². The summed E-state index contributed by atoms with van der Waals surface area (Å²) in [6.07, 6.45) is 3.48. The van der Waals surface area contributed by atoms with Crippen LogP contribution in [0.1, 0.15) is 10.4 Å². The van der Waals surface area contributed by atoms with Crippen molar-refractivity contribution in [2.24, 2.45) is 0 Å². The Kier molecular flexibility index (Phi) is 5.52. The quantitative estimate of drug-likeness (QED) is 0.689. The number of nitrogens with zero attached hydrogens (tertiary/aromatic N) is 3. The van der Waals surface area contributed by atoms with Gasteiger partial charge in [-0.05, 0) is 36.4 Å². The zero-order chi connectivity index (χ0) is 19.5. The third-order valence-corrected chi connectivity index (χ3v) is 5.16. The molecule has 4 rings (SSSR count). The molecule has 6 nitrogen and oxygen atoms in total. The second kappa shape index (κ2) is 8.22. The molecule has 1 saturated heterocycles. The first-order chi connectivity index (χ1) is 13.6. The van der Waals surface area contributed by atoms with Crippen LogP contribution in [0, 0.1) is 0 Å². The van der Waals surface area contributed by atoms with E-state index in [2.05, 4.69) is 15.3 Å². The smallest absolute Gasteiger partial charge is 0.257 e. The highest BCUT2D eigenvalue weighted by atomic mass is 35.5. The molecule has 1 N–H and O–H groups in total. The van der Waals surface area contributed by atoms with Gasteiger partial charge in [0.1, 0.15) is 0 Å². The molecule has 2 heterocycles. The minimum absolute atomic E-state index is 0.309. The molecule has 28 heavy (non-hydrogen) atoms. The topological polar surface area (TPSA) is 59.4 Å². The molecule has 0 unspecified atom stereocenters. The Morgan fingerprint density at radius 2 is 1.89 bits per heavy atom. The van der Waals surface area contributed by atoms with Crippen molar-refractivity contribution in [2.75, 3.05) is 36.5 Å². The van der Waals surface area contributed by atoms with Crippen LogP contribution in [0.5, 0.6) is 0 Å². The summed E-state index contributed by atoms with van der Waals surface area (Å²) < 4.78 is 7.09. The van der Waals surface area contributed by atoms with Gasteiger partial charge in [0.05, 0.1) is 45.9 Å². The van der Waals surface area contributed by atoms with E-state index in [-0.39, 0.29) is 5.91 Å². The maximum absolute atomic E-state index is 13.0. The molecule has 0 aliphatic carbocycles. The Hall–Kier alpha value is -2.54. The highest BCUT2D eigenvalue weighted by molar-refractivity contribution is 6.35. The Bertz CT molecular complexity index is 986. The van der Waals surface area contributed by atoms with Crippen molar-refractivity contribution in [3.63, 3.8) is 0 Å². The summed E-state index contributed by atoms with van der Waals surface area (Å²) in [6, 6.07) is 12.5. The summed E-state index contributed by atoms with van der Waals surface area (Å²) in [5.74, 6) is -0.309. The number of carbonyl (C=O) groups is 1. The van der Waals surface area contributed by atoms with Gasteiger partial charge in [-0.3, -0.25) is 4.79 Å². The van der Waals surface area contributed by atoms with Crippen LogP contribution in [0.25, 0.3) is 5.69 Å². The number of rotatable bonds is 4. The number of benzene rings is 2. The second-order valence-corrected chi connectivity index (χ2v) is 7.12. The maximum Gasteiger partial charge on any atom is 0.257 e. The molecule has 3 aromatic rings. The fraction of sp³-hybridized carbons (Fsp3) is 0.200. The lowest BCUT2D eigenvalue weighted by Gasteiger charge is -2.31. The van der Waals surface area contributed by atoms with Gasteiger partial charge in [-0.2, -0.15) is 5.10 Å². The number of para-hydroxylation sites is 1. The van der Waals surface area contributed by atoms with Crippen LogP contribution in [0.3, 0.4) is 0 Å². The lowest BCUT2D eigenvalue weighted by molar-refractivity contribution is 0.102. The lowest BCUT2D eigenvalue weighted by Crippen LogP contribution is -2.37. The molecule has 1 aliphatic heterocycles. The highest BCUT2D eigenvalue weighted by Gasteiger charge is 2.20. The molecule has 8 heteroatoms. The molecule has 1 aromatic heterocycles. The summed E-state index contributed by atoms with van der Waals surface area (Å²) in [6.45, 7) is 2.66. The molecule has 2 aromatic carbocycles. The number of nitrogens with one attached hydrogen (secondary N) is 1. The summed E-state index contributed by atoms with van der Waals surface area (Å²) in [7, 11) is 0. The van der Waals surface area contributed by atoms with Gasteiger partial charge in [-0.25, -0.2) is 4.68 Å². The zero-order valence-corrected chi connectivity index (χ0v) is 16.5. The van der Waals surface area contributed by atoms with Crippen LogP contribution >= 0.6 is 23.2 Å². The third-order valence-electron chi connectivity index (χ3n) is 4.53. The van der Waals surface area contributed by atoms with Gasteiger partial charge in [-0.15, -0.1) is 0 Å². The molecule has 0 saturated carbocycles. The van der Waals surface area contributed by atoms with Gasteiger partial charge in [0, 0.05) is 25.5 Å². The molecule has 0 bridgehead atoms. The molecule has 1 amide bonds. The first-order valence-corrected chi connectivity index (χ1v) is 9.61. The number of morpholine rings is 1. The van der Waals surface area contributed by atoms with Gasteiger partial charge in [0.2, 0.25) is 0 Å².